The highest BCUT2D eigenvalue weighted by Gasteiger charge is 2.11. The number of aliphatic hydroxyl groups excluding tert-OH is 2. The highest BCUT2D eigenvalue weighted by atomic mass is 16.5. The number of rotatable bonds is 4. The maximum Gasteiger partial charge on any atom is 0.146 e. The molecule has 0 bridgehead atoms. The molecular formula is C10H15NO3. The van der Waals surface area contributed by atoms with Gasteiger partial charge in [-0.25, -0.2) is 0 Å². The lowest BCUT2D eigenvalue weighted by atomic mass is 10.1. The Balaban J connectivity index is 3.20. The van der Waals surface area contributed by atoms with Crippen LogP contribution in [0.3, 0.4) is 0 Å². The first-order valence-corrected chi connectivity index (χ1v) is 4.56. The molecular weight excluding hydrogens is 182 g/mol. The third-order valence-corrected chi connectivity index (χ3v) is 2.02. The Kier molecular flexibility index (Phi) is 3.85. The predicted octanol–water partition coefficient (Wildman–Crippen LogP) is 0.773. The van der Waals surface area contributed by atoms with Crippen molar-refractivity contribution in [3.8, 4) is 5.75 Å². The van der Waals surface area contributed by atoms with E-state index in [1.165, 1.54) is 0 Å². The molecule has 0 aliphatic rings. The van der Waals surface area contributed by atoms with Crippen LogP contribution in [0.4, 0.5) is 0 Å². The van der Waals surface area contributed by atoms with E-state index in [0.717, 1.165) is 5.69 Å². The summed E-state index contributed by atoms with van der Waals surface area (Å²) in [5, 5.41) is 18.2. The van der Waals surface area contributed by atoms with Crippen molar-refractivity contribution in [1.82, 2.24) is 4.98 Å². The van der Waals surface area contributed by atoms with Crippen LogP contribution >= 0.6 is 0 Å². The lowest BCUT2D eigenvalue weighted by molar-refractivity contribution is 0.248. The number of aromatic nitrogens is 1. The first-order chi connectivity index (χ1) is 6.74. The van der Waals surface area contributed by atoms with Gasteiger partial charge in [0.15, 0.2) is 0 Å². The molecule has 0 aliphatic heterocycles. The SMILES string of the molecule is CCOc1c(C)ncc(CO)c1CO. The number of aryl methyl sites for hydroxylation is 1. The molecule has 4 nitrogen and oxygen atoms in total. The number of pyridine rings is 1. The zero-order valence-corrected chi connectivity index (χ0v) is 8.45. The van der Waals surface area contributed by atoms with Gasteiger partial charge in [-0.3, -0.25) is 4.98 Å². The van der Waals surface area contributed by atoms with Crippen molar-refractivity contribution < 1.29 is 14.9 Å². The standard InChI is InChI=1S/C10H15NO3/c1-3-14-10-7(2)11-4-8(5-12)9(10)6-13/h4,12-13H,3,5-6H2,1-2H3. The minimum Gasteiger partial charge on any atom is -0.492 e. The van der Waals surface area contributed by atoms with Crippen molar-refractivity contribution in [3.05, 3.63) is 23.0 Å². The van der Waals surface area contributed by atoms with Crippen molar-refractivity contribution in [1.29, 1.82) is 0 Å². The van der Waals surface area contributed by atoms with E-state index < -0.39 is 0 Å². The third-order valence-electron chi connectivity index (χ3n) is 2.02. The van der Waals surface area contributed by atoms with Gasteiger partial charge in [0.25, 0.3) is 0 Å². The minimum atomic E-state index is -0.144. The van der Waals surface area contributed by atoms with E-state index in [-0.39, 0.29) is 13.2 Å². The van der Waals surface area contributed by atoms with Gasteiger partial charge >= 0.3 is 0 Å². The average molecular weight is 197 g/mol. The molecule has 0 aliphatic carbocycles. The van der Waals surface area contributed by atoms with Gasteiger partial charge in [0.05, 0.1) is 25.5 Å². The number of ether oxygens (including phenoxy) is 1. The largest absolute Gasteiger partial charge is 0.492 e. The van der Waals surface area contributed by atoms with Crippen molar-refractivity contribution >= 4 is 0 Å². The second kappa shape index (κ2) is 4.93. The molecule has 1 rings (SSSR count). The van der Waals surface area contributed by atoms with Crippen LogP contribution in [0.2, 0.25) is 0 Å². The molecule has 0 spiro atoms. The van der Waals surface area contributed by atoms with Crippen molar-refractivity contribution in [3.63, 3.8) is 0 Å². The van der Waals surface area contributed by atoms with Crippen LogP contribution in [0.25, 0.3) is 0 Å². The number of hydrogen-bond donors (Lipinski definition) is 2. The maximum absolute atomic E-state index is 9.16. The fourth-order valence-corrected chi connectivity index (χ4v) is 1.32. The summed E-state index contributed by atoms with van der Waals surface area (Å²) in [6.45, 7) is 3.92. The molecule has 0 unspecified atom stereocenters. The van der Waals surface area contributed by atoms with E-state index in [2.05, 4.69) is 4.98 Å². The average Bonchev–Trinajstić information content (AvgIpc) is 2.21. The molecule has 0 amide bonds. The van der Waals surface area contributed by atoms with Gasteiger partial charge in [-0.15, -0.1) is 0 Å². The molecule has 0 radical (unpaired) electrons. The predicted molar refractivity (Wildman–Crippen MR) is 52.0 cm³/mol. The van der Waals surface area contributed by atoms with Crippen LogP contribution in [0.15, 0.2) is 6.20 Å². The summed E-state index contributed by atoms with van der Waals surface area (Å²) in [5.41, 5.74) is 1.97. The van der Waals surface area contributed by atoms with Gasteiger partial charge in [-0.05, 0) is 13.8 Å². The quantitative estimate of drug-likeness (QED) is 0.748. The molecule has 0 atom stereocenters. The van der Waals surface area contributed by atoms with Crippen LogP contribution in [0, 0.1) is 6.92 Å². The lowest BCUT2D eigenvalue weighted by Crippen LogP contribution is -2.04. The minimum absolute atomic E-state index is 0.136. The molecule has 1 aromatic heterocycles. The Morgan fingerprint density at radius 1 is 1.36 bits per heavy atom. The summed E-state index contributed by atoms with van der Waals surface area (Å²) >= 11 is 0. The summed E-state index contributed by atoms with van der Waals surface area (Å²) in [5.74, 6) is 0.585. The molecule has 0 fully saturated rings. The van der Waals surface area contributed by atoms with E-state index in [1.807, 2.05) is 13.8 Å². The second-order valence-corrected chi connectivity index (χ2v) is 2.93. The smallest absolute Gasteiger partial charge is 0.146 e. The molecule has 0 aromatic carbocycles. The fraction of sp³-hybridized carbons (Fsp3) is 0.500. The van der Waals surface area contributed by atoms with Gasteiger partial charge < -0.3 is 14.9 Å². The van der Waals surface area contributed by atoms with Gasteiger partial charge in [-0.2, -0.15) is 0 Å². The fourth-order valence-electron chi connectivity index (χ4n) is 1.32. The Hall–Kier alpha value is -1.13. The molecule has 14 heavy (non-hydrogen) atoms. The molecule has 0 saturated carbocycles. The van der Waals surface area contributed by atoms with Crippen molar-refractivity contribution in [2.75, 3.05) is 6.61 Å². The molecule has 1 heterocycles. The van der Waals surface area contributed by atoms with Crippen LogP contribution < -0.4 is 4.74 Å². The summed E-state index contributed by atoms with van der Waals surface area (Å²) in [6, 6.07) is 0. The highest BCUT2D eigenvalue weighted by Crippen LogP contribution is 2.25. The normalized spacial score (nSPS) is 10.3. The molecule has 2 N–H and O–H groups in total. The summed E-state index contributed by atoms with van der Waals surface area (Å²) in [4.78, 5) is 4.08. The Morgan fingerprint density at radius 2 is 2.07 bits per heavy atom. The van der Waals surface area contributed by atoms with E-state index in [1.54, 1.807) is 6.20 Å². The van der Waals surface area contributed by atoms with E-state index in [9.17, 15) is 0 Å². The summed E-state index contributed by atoms with van der Waals surface area (Å²) < 4.78 is 5.37. The first kappa shape index (κ1) is 10.9. The summed E-state index contributed by atoms with van der Waals surface area (Å²) in [6.07, 6.45) is 1.56. The first-order valence-electron chi connectivity index (χ1n) is 4.56. The van der Waals surface area contributed by atoms with Crippen molar-refractivity contribution in [2.24, 2.45) is 0 Å². The Bertz CT molecular complexity index is 312. The number of nitrogens with zero attached hydrogens (tertiary/aromatic N) is 1. The molecule has 1 aromatic rings. The van der Waals surface area contributed by atoms with Crippen LogP contribution in [-0.2, 0) is 13.2 Å². The van der Waals surface area contributed by atoms with Crippen molar-refractivity contribution in [2.45, 2.75) is 27.1 Å². The zero-order valence-electron chi connectivity index (χ0n) is 8.45. The Morgan fingerprint density at radius 3 is 2.57 bits per heavy atom. The maximum atomic E-state index is 9.16. The Labute approximate surface area is 83.2 Å². The third kappa shape index (κ3) is 2.02. The molecule has 78 valence electrons. The number of aliphatic hydroxyl groups is 2. The van der Waals surface area contributed by atoms with E-state index in [4.69, 9.17) is 14.9 Å². The highest BCUT2D eigenvalue weighted by molar-refractivity contribution is 5.41. The second-order valence-electron chi connectivity index (χ2n) is 2.93. The van der Waals surface area contributed by atoms with Gasteiger partial charge in [0.1, 0.15) is 5.75 Å². The van der Waals surface area contributed by atoms with Gasteiger partial charge in [0, 0.05) is 17.3 Å². The van der Waals surface area contributed by atoms with E-state index in [0.29, 0.717) is 23.5 Å². The monoisotopic (exact) mass is 197 g/mol. The van der Waals surface area contributed by atoms with Crippen LogP contribution in [0.1, 0.15) is 23.7 Å². The van der Waals surface area contributed by atoms with Crippen LogP contribution in [-0.4, -0.2) is 21.8 Å². The molecule has 0 saturated heterocycles. The lowest BCUT2D eigenvalue weighted by Gasteiger charge is -2.13. The van der Waals surface area contributed by atoms with Crippen LogP contribution in [0.5, 0.6) is 5.75 Å². The van der Waals surface area contributed by atoms with E-state index >= 15 is 0 Å². The van der Waals surface area contributed by atoms with Gasteiger partial charge in [0.2, 0.25) is 0 Å². The summed E-state index contributed by atoms with van der Waals surface area (Å²) in [7, 11) is 0. The zero-order chi connectivity index (χ0) is 10.6. The van der Waals surface area contributed by atoms with Gasteiger partial charge in [-0.1, -0.05) is 0 Å². The molecule has 4 heteroatoms. The topological polar surface area (TPSA) is 62.6 Å². The number of hydrogen-bond acceptors (Lipinski definition) is 4.